The monoisotopic (exact) mass is 469 g/mol. The molecule has 3 saturated heterocycles. The number of carbonyl (C=O) groups excluding carboxylic acids is 1. The molecule has 2 aromatic heterocycles. The number of hydrazine groups is 1. The Balaban J connectivity index is 1.34. The molecule has 6 atom stereocenters. The third kappa shape index (κ3) is 4.63. The van der Waals surface area contributed by atoms with Gasteiger partial charge >= 0.3 is 0 Å². The summed E-state index contributed by atoms with van der Waals surface area (Å²) in [5.41, 5.74) is 7.45. The van der Waals surface area contributed by atoms with Crippen molar-refractivity contribution in [1.29, 1.82) is 0 Å². The molecule has 0 saturated carbocycles. The first kappa shape index (κ1) is 22.7. The first-order chi connectivity index (χ1) is 16.1. The summed E-state index contributed by atoms with van der Waals surface area (Å²) in [7, 11) is 0. The van der Waals surface area contributed by atoms with Crippen LogP contribution in [0.2, 0.25) is 0 Å². The Labute approximate surface area is 200 Å². The number of aromatic nitrogens is 2. The maximum absolute atomic E-state index is 13.1. The first-order valence-corrected chi connectivity index (χ1v) is 13.5. The van der Waals surface area contributed by atoms with Crippen LogP contribution < -0.4 is 21.5 Å². The second-order valence-corrected chi connectivity index (χ2v) is 10.7. The van der Waals surface area contributed by atoms with Crippen LogP contribution in [0.1, 0.15) is 52.4 Å². The number of fused-ring (bicyclic) bond motifs is 3. The fourth-order valence-electron chi connectivity index (χ4n) is 5.70. The van der Waals surface area contributed by atoms with Crippen LogP contribution in [0.15, 0.2) is 24.4 Å². The summed E-state index contributed by atoms with van der Waals surface area (Å²) in [4.78, 5) is 24.9. The molecule has 0 radical (unpaired) electrons. The summed E-state index contributed by atoms with van der Waals surface area (Å²) in [6.07, 6.45) is 10.0. The fourth-order valence-corrected chi connectivity index (χ4v) is 6.36. The van der Waals surface area contributed by atoms with Crippen LogP contribution in [0, 0.1) is 0 Å². The van der Waals surface area contributed by atoms with Gasteiger partial charge in [0.05, 0.1) is 16.9 Å². The molecule has 2 aromatic rings. The zero-order chi connectivity index (χ0) is 22.9. The van der Waals surface area contributed by atoms with Crippen LogP contribution in [0.25, 0.3) is 10.9 Å². The number of pyridine rings is 2. The first-order valence-electron chi connectivity index (χ1n) is 12.2. The number of anilines is 2. The Kier molecular flexibility index (Phi) is 6.62. The van der Waals surface area contributed by atoms with Crippen LogP contribution in [0.3, 0.4) is 0 Å². The van der Waals surface area contributed by atoms with Crippen molar-refractivity contribution in [3.05, 3.63) is 24.4 Å². The Morgan fingerprint density at radius 2 is 2.03 bits per heavy atom. The number of amides is 1. The molecule has 3 fully saturated rings. The number of nitrogens with one attached hydrogen (secondary N) is 4. The molecule has 0 aromatic carbocycles. The number of hydrogen-bond acceptors (Lipinski definition) is 8. The molecule has 5 rings (SSSR count). The zero-order valence-corrected chi connectivity index (χ0v) is 20.5. The van der Waals surface area contributed by atoms with Gasteiger partial charge in [0.25, 0.3) is 0 Å². The summed E-state index contributed by atoms with van der Waals surface area (Å²) in [5.74, 6) is 2.03. The average Bonchev–Trinajstić information content (AvgIpc) is 3.34. The Morgan fingerprint density at radius 3 is 2.70 bits per heavy atom. The molecule has 0 aliphatic carbocycles. The number of piperidine rings is 1. The lowest BCUT2D eigenvalue weighted by molar-refractivity contribution is -0.135. The van der Waals surface area contributed by atoms with Gasteiger partial charge < -0.3 is 15.5 Å². The summed E-state index contributed by atoms with van der Waals surface area (Å²) < 4.78 is 0. The van der Waals surface area contributed by atoms with Crippen molar-refractivity contribution in [2.24, 2.45) is 0 Å². The normalized spacial score (nSPS) is 29.9. The van der Waals surface area contributed by atoms with E-state index in [-0.39, 0.29) is 11.4 Å². The minimum absolute atomic E-state index is 0.0819. The van der Waals surface area contributed by atoms with E-state index in [1.807, 2.05) is 24.6 Å². The number of nitrogens with zero attached hydrogens (tertiary/aromatic N) is 3. The largest absolute Gasteiger partial charge is 0.367 e. The Morgan fingerprint density at radius 1 is 1.24 bits per heavy atom. The highest BCUT2D eigenvalue weighted by Gasteiger charge is 2.44. The molecule has 4 N–H and O–H groups in total. The predicted octanol–water partition coefficient (Wildman–Crippen LogP) is 3.33. The molecular weight excluding hydrogens is 434 g/mol. The summed E-state index contributed by atoms with van der Waals surface area (Å²) in [6, 6.07) is 7.44. The van der Waals surface area contributed by atoms with Gasteiger partial charge in [-0.25, -0.2) is 10.4 Å². The van der Waals surface area contributed by atoms with Crippen molar-refractivity contribution in [2.45, 2.75) is 88.0 Å². The lowest BCUT2D eigenvalue weighted by atomic mass is 9.96. The van der Waals surface area contributed by atoms with Crippen LogP contribution in [0.4, 0.5) is 11.6 Å². The quantitative estimate of drug-likeness (QED) is 0.491. The number of carbonyl (C=O) groups is 1. The van der Waals surface area contributed by atoms with Gasteiger partial charge in [-0.15, -0.1) is 0 Å². The van der Waals surface area contributed by atoms with Crippen molar-refractivity contribution in [3.8, 4) is 0 Å². The average molecular weight is 470 g/mol. The predicted molar refractivity (Wildman–Crippen MR) is 135 cm³/mol. The topological polar surface area (TPSA) is 94.2 Å². The molecule has 2 bridgehead atoms. The van der Waals surface area contributed by atoms with Crippen molar-refractivity contribution in [2.75, 3.05) is 16.9 Å². The number of hydrogen-bond donors (Lipinski definition) is 4. The molecule has 9 heteroatoms. The van der Waals surface area contributed by atoms with Crippen molar-refractivity contribution in [3.63, 3.8) is 0 Å². The molecule has 1 amide bonds. The van der Waals surface area contributed by atoms with E-state index in [1.165, 1.54) is 0 Å². The van der Waals surface area contributed by atoms with Crippen molar-refractivity contribution in [1.82, 2.24) is 25.7 Å². The van der Waals surface area contributed by atoms with Crippen molar-refractivity contribution >= 4 is 40.2 Å². The van der Waals surface area contributed by atoms with Gasteiger partial charge in [-0.05, 0) is 63.8 Å². The molecular formula is C24H35N7OS. The summed E-state index contributed by atoms with van der Waals surface area (Å²) in [5, 5.41) is 8.36. The van der Waals surface area contributed by atoms with Gasteiger partial charge in [0.1, 0.15) is 11.6 Å². The van der Waals surface area contributed by atoms with Crippen LogP contribution in [0.5, 0.6) is 0 Å². The maximum Gasteiger partial charge on any atom is 0.236 e. The van der Waals surface area contributed by atoms with Crippen LogP contribution in [-0.4, -0.2) is 62.6 Å². The molecule has 33 heavy (non-hydrogen) atoms. The van der Waals surface area contributed by atoms with E-state index in [0.29, 0.717) is 30.1 Å². The second-order valence-electron chi connectivity index (χ2n) is 9.62. The standard InChI is InChI=1S/C24H35N7OS/c1-4-20(33-3)24(32)31-16-7-8-17(31)12-15(11-16)26-23-18-6-5-9-25-19(18)13-21(28-23)27-22-10-14(2)29-30-22/h5-6,9,13-17,20,22,29-30H,4,7-8,10-12H2,1-3H3,(H2,26,27,28)/t14?,15?,16-,17+,20?,22?. The third-order valence-corrected chi connectivity index (χ3v) is 8.38. The third-order valence-electron chi connectivity index (χ3n) is 7.27. The summed E-state index contributed by atoms with van der Waals surface area (Å²) >= 11 is 1.68. The second kappa shape index (κ2) is 9.64. The molecule has 4 unspecified atom stereocenters. The Bertz CT molecular complexity index is 986. The SMILES string of the molecule is CCC(SC)C(=O)N1[C@@H]2CC[C@H]1CC(Nc1nc(NC3CC(C)NN3)cc3ncccc13)C2. The number of thioether (sulfide) groups is 1. The molecule has 178 valence electrons. The molecule has 8 nitrogen and oxygen atoms in total. The van der Waals surface area contributed by atoms with Gasteiger partial charge in [0.15, 0.2) is 0 Å². The minimum atomic E-state index is 0.0819. The van der Waals surface area contributed by atoms with Crippen LogP contribution >= 0.6 is 11.8 Å². The van der Waals surface area contributed by atoms with E-state index in [2.05, 4.69) is 51.3 Å². The fraction of sp³-hybridized carbons (Fsp3) is 0.625. The molecule has 3 aliphatic rings. The van der Waals surface area contributed by atoms with E-state index in [1.54, 1.807) is 11.8 Å². The highest BCUT2D eigenvalue weighted by molar-refractivity contribution is 7.99. The van der Waals surface area contributed by atoms with Gasteiger partial charge in [-0.3, -0.25) is 15.2 Å². The Hall–Kier alpha value is -2.10. The van der Waals surface area contributed by atoms with Gasteiger partial charge in [-0.1, -0.05) is 6.92 Å². The minimum Gasteiger partial charge on any atom is -0.367 e. The van der Waals surface area contributed by atoms with Gasteiger partial charge in [-0.2, -0.15) is 11.8 Å². The highest BCUT2D eigenvalue weighted by atomic mass is 32.2. The van der Waals surface area contributed by atoms with E-state index in [9.17, 15) is 4.79 Å². The van der Waals surface area contributed by atoms with E-state index >= 15 is 0 Å². The smallest absolute Gasteiger partial charge is 0.236 e. The van der Waals surface area contributed by atoms with Gasteiger partial charge in [0.2, 0.25) is 5.91 Å². The van der Waals surface area contributed by atoms with Crippen molar-refractivity contribution < 1.29 is 4.79 Å². The number of rotatable bonds is 7. The highest BCUT2D eigenvalue weighted by Crippen LogP contribution is 2.39. The van der Waals surface area contributed by atoms with E-state index < -0.39 is 0 Å². The molecule has 5 heterocycles. The lowest BCUT2D eigenvalue weighted by Crippen LogP contribution is -2.52. The zero-order valence-electron chi connectivity index (χ0n) is 19.7. The van der Waals surface area contributed by atoms with Crippen LogP contribution in [-0.2, 0) is 4.79 Å². The molecule has 3 aliphatic heterocycles. The van der Waals surface area contributed by atoms with E-state index in [0.717, 1.165) is 61.1 Å². The van der Waals surface area contributed by atoms with Gasteiger partial charge in [0, 0.05) is 41.8 Å². The maximum atomic E-state index is 13.1. The molecule has 0 spiro atoms. The summed E-state index contributed by atoms with van der Waals surface area (Å²) in [6.45, 7) is 4.27. The van der Waals surface area contributed by atoms with E-state index in [4.69, 9.17) is 4.98 Å². The lowest BCUT2D eigenvalue weighted by Gasteiger charge is -2.40.